The Morgan fingerprint density at radius 3 is 2.94 bits per heavy atom. The minimum atomic E-state index is -0.517. The first-order valence-corrected chi connectivity index (χ1v) is 6.04. The van der Waals surface area contributed by atoms with Gasteiger partial charge in [-0.15, -0.1) is 11.3 Å². The Bertz CT molecular complexity index is 693. The highest BCUT2D eigenvalue weighted by atomic mass is 32.1. The minimum Gasteiger partial charge on any atom is -0.433 e. The van der Waals surface area contributed by atoms with Crippen LogP contribution in [0.3, 0.4) is 0 Å². The summed E-state index contributed by atoms with van der Waals surface area (Å²) < 4.78 is 19.1. The van der Waals surface area contributed by atoms with Crippen LogP contribution < -0.4 is 10.5 Å². The molecule has 0 spiro atoms. The van der Waals surface area contributed by atoms with Crippen LogP contribution in [-0.4, -0.2) is 9.97 Å². The summed E-state index contributed by atoms with van der Waals surface area (Å²) in [6.07, 6.45) is 1.38. The number of aromatic nitrogens is 2. The fourth-order valence-electron chi connectivity index (χ4n) is 1.58. The molecule has 2 heterocycles. The number of nitrogens with zero attached hydrogens (tertiary/aromatic N) is 2. The summed E-state index contributed by atoms with van der Waals surface area (Å²) >= 11 is 1.46. The molecule has 0 amide bonds. The van der Waals surface area contributed by atoms with Crippen LogP contribution in [0.2, 0.25) is 0 Å². The summed E-state index contributed by atoms with van der Waals surface area (Å²) in [5, 5.41) is 2.61. The summed E-state index contributed by atoms with van der Waals surface area (Å²) in [5.74, 6) is -0.223. The van der Waals surface area contributed by atoms with Gasteiger partial charge in [0.05, 0.1) is 11.1 Å². The van der Waals surface area contributed by atoms with Gasteiger partial charge in [-0.05, 0) is 23.6 Å². The summed E-state index contributed by atoms with van der Waals surface area (Å²) in [5.41, 5.74) is 5.92. The topological polar surface area (TPSA) is 61.0 Å². The summed E-state index contributed by atoms with van der Waals surface area (Å²) in [6.45, 7) is 0. The first-order valence-electron chi connectivity index (χ1n) is 5.16. The van der Waals surface area contributed by atoms with Crippen molar-refractivity contribution in [3.63, 3.8) is 0 Å². The molecule has 4 nitrogen and oxygen atoms in total. The number of hydrogen-bond acceptors (Lipinski definition) is 5. The monoisotopic (exact) mass is 261 g/mol. The van der Waals surface area contributed by atoms with E-state index in [1.807, 2.05) is 11.4 Å². The Morgan fingerprint density at radius 1 is 1.22 bits per heavy atom. The predicted molar refractivity (Wildman–Crippen MR) is 68.3 cm³/mol. The van der Waals surface area contributed by atoms with Crippen LogP contribution in [-0.2, 0) is 0 Å². The van der Waals surface area contributed by atoms with Gasteiger partial charge in [-0.3, -0.25) is 0 Å². The van der Waals surface area contributed by atoms with Crippen LogP contribution in [0.1, 0.15) is 0 Å². The minimum absolute atomic E-state index is 0.0105. The fourth-order valence-corrected chi connectivity index (χ4v) is 2.30. The summed E-state index contributed by atoms with van der Waals surface area (Å²) in [6, 6.07) is 6.21. The Morgan fingerprint density at radius 2 is 2.11 bits per heavy atom. The molecular weight excluding hydrogens is 253 g/mol. The van der Waals surface area contributed by atoms with E-state index in [-0.39, 0.29) is 11.4 Å². The van der Waals surface area contributed by atoms with Gasteiger partial charge < -0.3 is 10.5 Å². The third kappa shape index (κ3) is 1.76. The number of hydrogen-bond donors (Lipinski definition) is 1. The van der Waals surface area contributed by atoms with Gasteiger partial charge in [-0.1, -0.05) is 6.07 Å². The third-order valence-electron chi connectivity index (χ3n) is 2.42. The van der Waals surface area contributed by atoms with Gasteiger partial charge in [0.2, 0.25) is 5.88 Å². The van der Waals surface area contributed by atoms with Crippen molar-refractivity contribution in [2.24, 2.45) is 0 Å². The predicted octanol–water partition coefficient (Wildman–Crippen LogP) is 3.20. The van der Waals surface area contributed by atoms with Crippen molar-refractivity contribution >= 4 is 27.2 Å². The third-order valence-corrected chi connectivity index (χ3v) is 3.24. The van der Waals surface area contributed by atoms with Gasteiger partial charge >= 0.3 is 0 Å². The van der Waals surface area contributed by atoms with E-state index in [0.29, 0.717) is 5.88 Å². The number of halogens is 1. The average molecular weight is 261 g/mol. The normalized spacial score (nSPS) is 10.7. The van der Waals surface area contributed by atoms with E-state index < -0.39 is 5.82 Å². The zero-order chi connectivity index (χ0) is 12.5. The molecule has 90 valence electrons. The van der Waals surface area contributed by atoms with E-state index in [1.165, 1.54) is 29.8 Å². The second-order valence-electron chi connectivity index (χ2n) is 3.58. The molecule has 0 unspecified atom stereocenters. The molecule has 0 fully saturated rings. The molecule has 0 saturated carbocycles. The lowest BCUT2D eigenvalue weighted by Gasteiger charge is -2.08. The molecule has 0 radical (unpaired) electrons. The number of thiophene rings is 1. The van der Waals surface area contributed by atoms with E-state index in [4.69, 9.17) is 10.5 Å². The summed E-state index contributed by atoms with van der Waals surface area (Å²) in [4.78, 5) is 8.89. The zero-order valence-electron chi connectivity index (χ0n) is 9.13. The average Bonchev–Trinajstić information content (AvgIpc) is 2.83. The molecule has 0 bridgehead atoms. The van der Waals surface area contributed by atoms with Gasteiger partial charge in [-0.25, -0.2) is 14.4 Å². The van der Waals surface area contributed by atoms with Crippen LogP contribution >= 0.6 is 11.3 Å². The van der Waals surface area contributed by atoms with Crippen molar-refractivity contribution in [3.8, 4) is 11.6 Å². The first-order chi connectivity index (χ1) is 8.75. The molecule has 0 atom stereocenters. The van der Waals surface area contributed by atoms with Gasteiger partial charge in [0.1, 0.15) is 11.2 Å². The number of ether oxygens (including phenoxy) is 1. The molecule has 1 aromatic carbocycles. The fraction of sp³-hybridized carbons (Fsp3) is 0. The molecule has 3 aromatic rings. The number of rotatable bonds is 2. The molecule has 0 aliphatic heterocycles. The number of para-hydroxylation sites is 1. The maximum absolute atomic E-state index is 13.6. The van der Waals surface area contributed by atoms with E-state index in [9.17, 15) is 4.39 Å². The molecular formula is C12H8FN3OS. The molecule has 3 rings (SSSR count). The summed E-state index contributed by atoms with van der Waals surface area (Å²) in [7, 11) is 0. The van der Waals surface area contributed by atoms with Crippen molar-refractivity contribution in [2.75, 3.05) is 5.73 Å². The maximum Gasteiger partial charge on any atom is 0.231 e. The molecule has 18 heavy (non-hydrogen) atoms. The molecule has 0 aliphatic carbocycles. The van der Waals surface area contributed by atoms with Crippen LogP contribution in [0.4, 0.5) is 10.1 Å². The number of anilines is 1. The van der Waals surface area contributed by atoms with Crippen molar-refractivity contribution in [1.29, 1.82) is 0 Å². The van der Waals surface area contributed by atoms with E-state index in [0.717, 1.165) is 10.2 Å². The van der Waals surface area contributed by atoms with E-state index in [1.54, 1.807) is 6.07 Å². The second kappa shape index (κ2) is 4.23. The van der Waals surface area contributed by atoms with Gasteiger partial charge in [0.25, 0.3) is 0 Å². The van der Waals surface area contributed by atoms with Crippen molar-refractivity contribution in [2.45, 2.75) is 0 Å². The Hall–Kier alpha value is -2.21. The highest BCUT2D eigenvalue weighted by Gasteiger charge is 2.12. The zero-order valence-corrected chi connectivity index (χ0v) is 9.95. The van der Waals surface area contributed by atoms with E-state index in [2.05, 4.69) is 9.97 Å². The second-order valence-corrected chi connectivity index (χ2v) is 4.47. The number of nitrogens with two attached hydrogens (primary N) is 1. The molecule has 0 aliphatic rings. The highest BCUT2D eigenvalue weighted by Crippen LogP contribution is 2.33. The van der Waals surface area contributed by atoms with Crippen LogP contribution in [0, 0.1) is 5.82 Å². The van der Waals surface area contributed by atoms with Crippen LogP contribution in [0.15, 0.2) is 36.0 Å². The molecule has 2 aromatic heterocycles. The first kappa shape index (κ1) is 10.9. The van der Waals surface area contributed by atoms with Crippen molar-refractivity contribution < 1.29 is 9.13 Å². The standard InChI is InChI=1S/C12H8FN3OS/c13-8-2-1-3-9(14)10(8)17-11-7-4-5-18-12(7)16-6-15-11/h1-6H,14H2. The van der Waals surface area contributed by atoms with Crippen LogP contribution in [0.25, 0.3) is 10.2 Å². The number of fused-ring (bicyclic) bond motifs is 1. The van der Waals surface area contributed by atoms with E-state index >= 15 is 0 Å². The van der Waals surface area contributed by atoms with Crippen LogP contribution in [0.5, 0.6) is 11.6 Å². The smallest absolute Gasteiger partial charge is 0.231 e. The van der Waals surface area contributed by atoms with Crippen molar-refractivity contribution in [3.05, 3.63) is 41.8 Å². The SMILES string of the molecule is Nc1cccc(F)c1Oc1ncnc2sccc12. The quantitative estimate of drug-likeness (QED) is 0.719. The molecule has 6 heteroatoms. The molecule has 2 N–H and O–H groups in total. The van der Waals surface area contributed by atoms with Gasteiger partial charge in [-0.2, -0.15) is 0 Å². The maximum atomic E-state index is 13.6. The Balaban J connectivity index is 2.09. The number of nitrogen functional groups attached to an aromatic ring is 1. The lowest BCUT2D eigenvalue weighted by molar-refractivity contribution is 0.434. The Labute approximate surface area is 106 Å². The Kier molecular flexibility index (Phi) is 2.56. The number of benzene rings is 1. The van der Waals surface area contributed by atoms with Gasteiger partial charge in [0, 0.05) is 0 Å². The van der Waals surface area contributed by atoms with Gasteiger partial charge in [0.15, 0.2) is 11.6 Å². The highest BCUT2D eigenvalue weighted by molar-refractivity contribution is 7.16. The lowest BCUT2D eigenvalue weighted by atomic mass is 10.3. The molecule has 0 saturated heterocycles. The lowest BCUT2D eigenvalue weighted by Crippen LogP contribution is -1.96. The van der Waals surface area contributed by atoms with Crippen molar-refractivity contribution in [1.82, 2.24) is 9.97 Å². The largest absolute Gasteiger partial charge is 0.433 e.